The number of carboxylic acid groups (broad SMARTS) is 1. The van der Waals surface area contributed by atoms with Crippen LogP contribution in [0, 0.1) is 11.7 Å². The zero-order valence-corrected chi connectivity index (χ0v) is 30.7. The van der Waals surface area contributed by atoms with Gasteiger partial charge in [-0.1, -0.05) is 48.0 Å². The molecule has 3 aromatic carbocycles. The van der Waals surface area contributed by atoms with Crippen molar-refractivity contribution in [2.75, 3.05) is 34.4 Å². The van der Waals surface area contributed by atoms with Gasteiger partial charge >= 0.3 is 12.1 Å². The number of hydrogen-bond donors (Lipinski definition) is 2. The van der Waals surface area contributed by atoms with Crippen LogP contribution in [0.3, 0.4) is 0 Å². The summed E-state index contributed by atoms with van der Waals surface area (Å²) in [5, 5.41) is 12.7. The van der Waals surface area contributed by atoms with Gasteiger partial charge in [-0.15, -0.1) is 0 Å². The SMILES string of the molecule is COc1cc(-c2cccc(-c3cccc4c3CC[C@@H]4Oc3nc(OC)c(CN(C)CC(=O)O)cc3C(F)(F)F)c2Cl)cc(F)c1CNC[C@@H]1CCC(=O)C1. The van der Waals surface area contributed by atoms with E-state index in [1.165, 1.54) is 32.2 Å². The van der Waals surface area contributed by atoms with Crippen LogP contribution in [0.4, 0.5) is 17.6 Å². The molecule has 2 aliphatic rings. The number of fused-ring (bicyclic) bond motifs is 1. The Hall–Kier alpha value is -4.72. The van der Waals surface area contributed by atoms with Gasteiger partial charge in [0.1, 0.15) is 29.0 Å². The number of pyridine rings is 1. The van der Waals surface area contributed by atoms with Crippen LogP contribution in [0.2, 0.25) is 5.02 Å². The molecule has 1 heterocycles. The van der Waals surface area contributed by atoms with Gasteiger partial charge in [-0.2, -0.15) is 18.2 Å². The standard InChI is InChI=1S/C40H40ClF4N3O6/c1-48(21-36(50)51)20-24-15-32(40(43,44)45)39(47-38(24)53-3)54-34-13-12-28-27(7-5-8-29(28)34)30-9-4-6-26(37(30)41)23-16-33(42)31(35(17-23)52-2)19-46-18-22-10-11-25(49)14-22/h4-9,15-17,22,34,46H,10-14,18-21H2,1-3H3,(H,50,51)/t22-,34+/m1/s1. The van der Waals surface area contributed by atoms with Crippen molar-refractivity contribution in [2.24, 2.45) is 5.92 Å². The number of halogens is 5. The summed E-state index contributed by atoms with van der Waals surface area (Å²) < 4.78 is 75.7. The Morgan fingerprint density at radius 1 is 1.02 bits per heavy atom. The van der Waals surface area contributed by atoms with Gasteiger partial charge in [-0.3, -0.25) is 14.5 Å². The fraction of sp³-hybridized carbons (Fsp3) is 0.375. The number of Topliss-reactive ketones (excluding diaryl/α,β-unsaturated/α-hetero) is 1. The summed E-state index contributed by atoms with van der Waals surface area (Å²) in [6.07, 6.45) is -2.80. The number of carboxylic acids is 1. The largest absolute Gasteiger partial charge is 0.496 e. The first-order valence-corrected chi connectivity index (χ1v) is 17.9. The first kappa shape index (κ1) is 39.0. The van der Waals surface area contributed by atoms with Gasteiger partial charge in [0.05, 0.1) is 25.8 Å². The summed E-state index contributed by atoms with van der Waals surface area (Å²) in [4.78, 5) is 28.2. The summed E-state index contributed by atoms with van der Waals surface area (Å²) in [7, 11) is 4.21. The van der Waals surface area contributed by atoms with E-state index in [-0.39, 0.29) is 36.2 Å². The third kappa shape index (κ3) is 8.48. The number of ether oxygens (including phenoxy) is 3. The summed E-state index contributed by atoms with van der Waals surface area (Å²) in [6, 6.07) is 14.9. The molecule has 2 N–H and O–H groups in total. The van der Waals surface area contributed by atoms with Gasteiger partial charge in [0.2, 0.25) is 11.8 Å². The molecule has 9 nitrogen and oxygen atoms in total. The van der Waals surface area contributed by atoms with E-state index in [2.05, 4.69) is 10.3 Å². The number of likely N-dealkylation sites (N-methyl/N-ethyl adjacent to an activating group) is 1. The number of ketones is 1. The van der Waals surface area contributed by atoms with E-state index < -0.39 is 42.1 Å². The molecule has 1 fully saturated rings. The topological polar surface area (TPSA) is 110 Å². The Bertz CT molecular complexity index is 2060. The van der Waals surface area contributed by atoms with Crippen LogP contribution in [0.5, 0.6) is 17.5 Å². The fourth-order valence-corrected chi connectivity index (χ4v) is 7.70. The van der Waals surface area contributed by atoms with Crippen LogP contribution in [0.25, 0.3) is 22.3 Å². The number of hydrogen-bond acceptors (Lipinski definition) is 8. The lowest BCUT2D eigenvalue weighted by Gasteiger charge is -2.22. The van der Waals surface area contributed by atoms with Crippen LogP contribution in [0.15, 0.2) is 54.6 Å². The minimum Gasteiger partial charge on any atom is -0.496 e. The van der Waals surface area contributed by atoms with Crippen molar-refractivity contribution in [3.05, 3.63) is 93.3 Å². The highest BCUT2D eigenvalue weighted by atomic mass is 35.5. The quantitative estimate of drug-likeness (QED) is 0.123. The van der Waals surface area contributed by atoms with E-state index in [9.17, 15) is 22.8 Å². The zero-order valence-electron chi connectivity index (χ0n) is 30.0. The number of nitrogens with one attached hydrogen (secondary N) is 1. The molecule has 1 aromatic heterocycles. The number of methoxy groups -OCH3 is 2. The summed E-state index contributed by atoms with van der Waals surface area (Å²) in [6.45, 7) is 0.296. The maximum Gasteiger partial charge on any atom is 0.421 e. The average Bonchev–Trinajstić information content (AvgIpc) is 3.73. The normalized spacial score (nSPS) is 16.9. The second-order valence-corrected chi connectivity index (χ2v) is 14.1. The number of carbonyl (C=O) groups excluding carboxylic acids is 1. The maximum atomic E-state index is 15.6. The number of alkyl halides is 3. The Morgan fingerprint density at radius 2 is 1.76 bits per heavy atom. The Labute approximate surface area is 315 Å². The first-order valence-electron chi connectivity index (χ1n) is 17.5. The predicted molar refractivity (Wildman–Crippen MR) is 194 cm³/mol. The molecular formula is C40H40ClF4N3O6. The first-order chi connectivity index (χ1) is 25.8. The molecule has 0 saturated heterocycles. The summed E-state index contributed by atoms with van der Waals surface area (Å²) >= 11 is 7.07. The zero-order chi connectivity index (χ0) is 38.7. The number of aliphatic carboxylic acids is 1. The van der Waals surface area contributed by atoms with Gasteiger partial charge in [-0.05, 0) is 79.2 Å². The lowest BCUT2D eigenvalue weighted by atomic mass is 9.93. The molecule has 14 heteroatoms. The minimum atomic E-state index is -4.82. The molecule has 0 amide bonds. The van der Waals surface area contributed by atoms with E-state index in [1.807, 2.05) is 18.2 Å². The van der Waals surface area contributed by atoms with Crippen molar-refractivity contribution < 1.29 is 46.5 Å². The van der Waals surface area contributed by atoms with Gasteiger partial charge in [0.15, 0.2) is 0 Å². The van der Waals surface area contributed by atoms with Crippen LogP contribution in [-0.4, -0.2) is 61.1 Å². The predicted octanol–water partition coefficient (Wildman–Crippen LogP) is 8.29. The number of benzene rings is 3. The van der Waals surface area contributed by atoms with Crippen molar-refractivity contribution in [1.82, 2.24) is 15.2 Å². The van der Waals surface area contributed by atoms with Crippen LogP contribution in [0.1, 0.15) is 59.6 Å². The van der Waals surface area contributed by atoms with Gasteiger partial charge < -0.3 is 24.6 Å². The Morgan fingerprint density at radius 3 is 2.44 bits per heavy atom. The molecule has 4 aromatic rings. The fourth-order valence-electron chi connectivity index (χ4n) is 7.36. The minimum absolute atomic E-state index is 0.0615. The van der Waals surface area contributed by atoms with Gasteiger partial charge in [0, 0.05) is 48.2 Å². The van der Waals surface area contributed by atoms with Crippen molar-refractivity contribution in [3.63, 3.8) is 0 Å². The second-order valence-electron chi connectivity index (χ2n) is 13.7. The molecule has 0 unspecified atom stereocenters. The second kappa shape index (κ2) is 16.3. The van der Waals surface area contributed by atoms with Crippen LogP contribution < -0.4 is 19.5 Å². The summed E-state index contributed by atoms with van der Waals surface area (Å²) in [5.41, 5.74) is 3.36. The third-order valence-electron chi connectivity index (χ3n) is 9.90. The van der Waals surface area contributed by atoms with Gasteiger partial charge in [0.25, 0.3) is 0 Å². The highest BCUT2D eigenvalue weighted by molar-refractivity contribution is 6.36. The maximum absolute atomic E-state index is 15.6. The lowest BCUT2D eigenvalue weighted by molar-refractivity contribution is -0.140. The van der Waals surface area contributed by atoms with E-state index in [1.54, 1.807) is 24.3 Å². The highest BCUT2D eigenvalue weighted by Gasteiger charge is 2.39. The molecule has 1 saturated carbocycles. The number of aromatic nitrogens is 1. The van der Waals surface area contributed by atoms with E-state index >= 15 is 4.39 Å². The molecule has 6 rings (SSSR count). The number of nitrogens with zero attached hydrogens (tertiary/aromatic N) is 2. The smallest absolute Gasteiger partial charge is 0.421 e. The molecule has 54 heavy (non-hydrogen) atoms. The van der Waals surface area contributed by atoms with Crippen molar-refractivity contribution in [1.29, 1.82) is 0 Å². The molecule has 0 radical (unpaired) electrons. The van der Waals surface area contributed by atoms with Gasteiger partial charge in [-0.25, -0.2) is 4.39 Å². The molecule has 2 atom stereocenters. The van der Waals surface area contributed by atoms with E-state index in [0.29, 0.717) is 70.8 Å². The molecular weight excluding hydrogens is 730 g/mol. The Kier molecular flexibility index (Phi) is 11.8. The van der Waals surface area contributed by atoms with Crippen LogP contribution >= 0.6 is 11.6 Å². The van der Waals surface area contributed by atoms with E-state index in [4.69, 9.17) is 30.9 Å². The average molecular weight is 770 g/mol. The summed E-state index contributed by atoms with van der Waals surface area (Å²) in [5.74, 6) is -1.50. The van der Waals surface area contributed by atoms with Crippen LogP contribution in [-0.2, 0) is 35.3 Å². The molecule has 0 bridgehead atoms. The highest BCUT2D eigenvalue weighted by Crippen LogP contribution is 2.46. The van der Waals surface area contributed by atoms with Crippen molar-refractivity contribution in [2.45, 2.75) is 57.5 Å². The third-order valence-corrected chi connectivity index (χ3v) is 10.3. The molecule has 0 aliphatic heterocycles. The number of carbonyl (C=O) groups is 2. The molecule has 2 aliphatic carbocycles. The lowest BCUT2D eigenvalue weighted by Crippen LogP contribution is -2.26. The monoisotopic (exact) mass is 769 g/mol. The number of rotatable bonds is 14. The van der Waals surface area contributed by atoms with E-state index in [0.717, 1.165) is 23.6 Å². The van der Waals surface area contributed by atoms with Crippen molar-refractivity contribution in [3.8, 4) is 39.8 Å². The Balaban J connectivity index is 1.27. The molecule has 0 spiro atoms. The molecule has 286 valence electrons. The van der Waals surface area contributed by atoms with Crippen molar-refractivity contribution >= 4 is 23.4 Å².